The molecule has 18 heavy (non-hydrogen) atoms. The maximum atomic E-state index is 11.4. The summed E-state index contributed by atoms with van der Waals surface area (Å²) >= 11 is 0. The van der Waals surface area contributed by atoms with Gasteiger partial charge in [-0.05, 0) is 18.4 Å². The average Bonchev–Trinajstić information content (AvgIpc) is 3.23. The van der Waals surface area contributed by atoms with E-state index in [1.165, 1.54) is 12.8 Å². The van der Waals surface area contributed by atoms with Gasteiger partial charge in [-0.15, -0.1) is 0 Å². The summed E-state index contributed by atoms with van der Waals surface area (Å²) in [5.41, 5.74) is 1.04. The highest BCUT2D eigenvalue weighted by molar-refractivity contribution is 5.74. The van der Waals surface area contributed by atoms with Crippen LogP contribution in [0.4, 0.5) is 0 Å². The van der Waals surface area contributed by atoms with Gasteiger partial charge in [-0.25, -0.2) is 4.79 Å². The molecule has 2 aliphatic rings. The largest absolute Gasteiger partial charge is 0.479 e. The Balaban J connectivity index is 1.93. The lowest BCUT2D eigenvalue weighted by atomic mass is 9.98. The first-order valence-corrected chi connectivity index (χ1v) is 6.42. The Kier molecular flexibility index (Phi) is 3.06. The van der Waals surface area contributed by atoms with Gasteiger partial charge >= 0.3 is 5.97 Å². The van der Waals surface area contributed by atoms with Gasteiger partial charge in [-0.1, -0.05) is 30.3 Å². The Hall–Kier alpha value is -1.39. The molecular weight excluding hydrogens is 230 g/mol. The molecule has 0 amide bonds. The zero-order chi connectivity index (χ0) is 12.5. The van der Waals surface area contributed by atoms with Crippen LogP contribution in [0, 0.1) is 0 Å². The molecule has 0 unspecified atom stereocenters. The lowest BCUT2D eigenvalue weighted by Gasteiger charge is -2.39. The Morgan fingerprint density at radius 1 is 1.28 bits per heavy atom. The topological polar surface area (TPSA) is 49.8 Å². The lowest BCUT2D eigenvalue weighted by molar-refractivity contribution is -0.163. The van der Waals surface area contributed by atoms with Crippen molar-refractivity contribution in [2.45, 2.75) is 31.0 Å². The predicted octanol–water partition coefficient (Wildman–Crippen LogP) is 1.68. The molecule has 1 aliphatic heterocycles. The minimum absolute atomic E-state index is 0.148. The van der Waals surface area contributed by atoms with E-state index in [9.17, 15) is 9.90 Å². The first-order valence-electron chi connectivity index (χ1n) is 6.42. The summed E-state index contributed by atoms with van der Waals surface area (Å²) in [6, 6.07) is 10.2. The molecule has 0 bridgehead atoms. The zero-order valence-corrected chi connectivity index (χ0v) is 10.2. The van der Waals surface area contributed by atoms with Crippen LogP contribution >= 0.6 is 0 Å². The average molecular weight is 247 g/mol. The monoisotopic (exact) mass is 247 g/mol. The number of carbonyl (C=O) groups is 1. The van der Waals surface area contributed by atoms with Gasteiger partial charge in [0.15, 0.2) is 6.10 Å². The first kappa shape index (κ1) is 11.7. The van der Waals surface area contributed by atoms with Gasteiger partial charge < -0.3 is 9.84 Å². The van der Waals surface area contributed by atoms with Gasteiger partial charge in [0, 0.05) is 12.6 Å². The highest BCUT2D eigenvalue weighted by Gasteiger charge is 2.43. The third-order valence-corrected chi connectivity index (χ3v) is 3.69. The van der Waals surface area contributed by atoms with Crippen molar-refractivity contribution in [1.29, 1.82) is 0 Å². The van der Waals surface area contributed by atoms with E-state index >= 15 is 0 Å². The third-order valence-electron chi connectivity index (χ3n) is 3.69. The van der Waals surface area contributed by atoms with E-state index in [1.807, 2.05) is 30.3 Å². The molecule has 1 aromatic rings. The fourth-order valence-electron chi connectivity index (χ4n) is 2.73. The first-order chi connectivity index (χ1) is 8.77. The van der Waals surface area contributed by atoms with Gasteiger partial charge in [0.2, 0.25) is 0 Å². The minimum Gasteiger partial charge on any atom is -0.479 e. The molecule has 96 valence electrons. The molecule has 1 saturated heterocycles. The van der Waals surface area contributed by atoms with Crippen molar-refractivity contribution >= 4 is 5.97 Å². The number of carboxylic acid groups (broad SMARTS) is 1. The number of benzene rings is 1. The van der Waals surface area contributed by atoms with E-state index in [-0.39, 0.29) is 6.04 Å². The predicted molar refractivity (Wildman–Crippen MR) is 66.3 cm³/mol. The van der Waals surface area contributed by atoms with Crippen molar-refractivity contribution in [3.05, 3.63) is 35.9 Å². The Labute approximate surface area is 106 Å². The van der Waals surface area contributed by atoms with Crippen molar-refractivity contribution in [1.82, 2.24) is 4.90 Å². The number of carboxylic acids is 1. The van der Waals surface area contributed by atoms with Gasteiger partial charge in [-0.2, -0.15) is 0 Å². The number of nitrogens with zero attached hydrogens (tertiary/aromatic N) is 1. The summed E-state index contributed by atoms with van der Waals surface area (Å²) in [5, 5.41) is 9.34. The highest BCUT2D eigenvalue weighted by atomic mass is 16.5. The number of ether oxygens (including phenoxy) is 1. The van der Waals surface area contributed by atoms with Crippen molar-refractivity contribution in [2.24, 2.45) is 0 Å². The molecule has 4 heteroatoms. The summed E-state index contributed by atoms with van der Waals surface area (Å²) in [6.07, 6.45) is 1.60. The zero-order valence-electron chi connectivity index (χ0n) is 10.2. The van der Waals surface area contributed by atoms with Crippen molar-refractivity contribution < 1.29 is 14.6 Å². The van der Waals surface area contributed by atoms with Gasteiger partial charge in [0.25, 0.3) is 0 Å². The minimum atomic E-state index is -0.866. The van der Waals surface area contributed by atoms with Crippen LogP contribution in [0.2, 0.25) is 0 Å². The third kappa shape index (κ3) is 2.13. The van der Waals surface area contributed by atoms with Gasteiger partial charge in [0.05, 0.1) is 12.6 Å². The Morgan fingerprint density at radius 3 is 2.61 bits per heavy atom. The van der Waals surface area contributed by atoms with E-state index in [0.717, 1.165) is 12.1 Å². The summed E-state index contributed by atoms with van der Waals surface area (Å²) < 4.78 is 5.47. The molecular formula is C14H17NO3. The van der Waals surface area contributed by atoms with E-state index in [4.69, 9.17) is 4.74 Å². The van der Waals surface area contributed by atoms with Crippen molar-refractivity contribution in [3.8, 4) is 0 Å². The molecule has 2 atom stereocenters. The van der Waals surface area contributed by atoms with Crippen LogP contribution in [0.15, 0.2) is 30.3 Å². The molecule has 1 aliphatic carbocycles. The van der Waals surface area contributed by atoms with Crippen LogP contribution in [0.3, 0.4) is 0 Å². The maximum absolute atomic E-state index is 11.4. The number of hydrogen-bond acceptors (Lipinski definition) is 3. The Morgan fingerprint density at radius 2 is 2.00 bits per heavy atom. The fraction of sp³-hybridized carbons (Fsp3) is 0.500. The maximum Gasteiger partial charge on any atom is 0.334 e. The quantitative estimate of drug-likeness (QED) is 0.882. The summed E-state index contributed by atoms with van der Waals surface area (Å²) in [7, 11) is 0. The number of aliphatic carboxylic acids is 1. The van der Waals surface area contributed by atoms with Crippen molar-refractivity contribution in [2.75, 3.05) is 13.2 Å². The van der Waals surface area contributed by atoms with Gasteiger partial charge in [0.1, 0.15) is 0 Å². The number of morpholine rings is 1. The molecule has 2 fully saturated rings. The number of hydrogen-bond donors (Lipinski definition) is 1. The fourth-order valence-corrected chi connectivity index (χ4v) is 2.73. The molecule has 4 nitrogen and oxygen atoms in total. The molecule has 1 saturated carbocycles. The highest BCUT2D eigenvalue weighted by Crippen LogP contribution is 2.38. The van der Waals surface area contributed by atoms with Crippen LogP contribution in [-0.4, -0.2) is 41.3 Å². The van der Waals surface area contributed by atoms with Crippen LogP contribution in [0.5, 0.6) is 0 Å². The van der Waals surface area contributed by atoms with E-state index in [2.05, 4.69) is 4.90 Å². The smallest absolute Gasteiger partial charge is 0.334 e. The van der Waals surface area contributed by atoms with Crippen LogP contribution in [0.25, 0.3) is 0 Å². The second-order valence-corrected chi connectivity index (χ2v) is 4.95. The summed E-state index contributed by atoms with van der Waals surface area (Å²) in [5.74, 6) is -0.866. The molecule has 1 heterocycles. The SMILES string of the molecule is O=C(O)[C@@H]1OCCN(C2CC2)[C@H]1c1ccccc1. The van der Waals surface area contributed by atoms with E-state index in [0.29, 0.717) is 12.6 Å². The normalized spacial score (nSPS) is 29.1. The van der Waals surface area contributed by atoms with Gasteiger partial charge in [-0.3, -0.25) is 4.90 Å². The van der Waals surface area contributed by atoms with E-state index in [1.54, 1.807) is 0 Å². The molecule has 1 N–H and O–H groups in total. The molecule has 0 spiro atoms. The number of rotatable bonds is 3. The summed E-state index contributed by atoms with van der Waals surface area (Å²) in [4.78, 5) is 13.7. The standard InChI is InChI=1S/C14H17NO3/c16-14(17)13-12(10-4-2-1-3-5-10)15(8-9-18-13)11-6-7-11/h1-5,11-13H,6-9H2,(H,16,17)/t12-,13+/m0/s1. The van der Waals surface area contributed by atoms with Crippen LogP contribution in [0.1, 0.15) is 24.4 Å². The Bertz CT molecular complexity index is 430. The second-order valence-electron chi connectivity index (χ2n) is 4.95. The second kappa shape index (κ2) is 4.71. The van der Waals surface area contributed by atoms with Crippen LogP contribution in [-0.2, 0) is 9.53 Å². The lowest BCUT2D eigenvalue weighted by Crippen LogP contribution is -2.49. The molecule has 0 aromatic heterocycles. The van der Waals surface area contributed by atoms with E-state index < -0.39 is 12.1 Å². The van der Waals surface area contributed by atoms with Crippen molar-refractivity contribution in [3.63, 3.8) is 0 Å². The summed E-state index contributed by atoms with van der Waals surface area (Å²) in [6.45, 7) is 1.34. The molecule has 0 radical (unpaired) electrons. The molecule has 1 aromatic carbocycles. The molecule has 3 rings (SSSR count). The van der Waals surface area contributed by atoms with Crippen LogP contribution < -0.4 is 0 Å².